The van der Waals surface area contributed by atoms with Crippen molar-refractivity contribution in [2.24, 2.45) is 5.73 Å². The minimum Gasteiger partial charge on any atom is -0.484 e. The van der Waals surface area contributed by atoms with Crippen LogP contribution >= 0.6 is 12.2 Å². The van der Waals surface area contributed by atoms with Gasteiger partial charge in [-0.25, -0.2) is 0 Å². The van der Waals surface area contributed by atoms with Gasteiger partial charge in [0.05, 0.1) is 11.9 Å². The summed E-state index contributed by atoms with van der Waals surface area (Å²) in [7, 11) is 0. The summed E-state index contributed by atoms with van der Waals surface area (Å²) in [6.07, 6.45) is 3.35. The topological polar surface area (TPSA) is 82.2 Å². The van der Waals surface area contributed by atoms with Crippen molar-refractivity contribution in [3.8, 4) is 5.75 Å². The van der Waals surface area contributed by atoms with Gasteiger partial charge in [-0.15, -0.1) is 0 Å². The molecular weight excluding hydrogens is 288 g/mol. The van der Waals surface area contributed by atoms with Gasteiger partial charge in [0.25, 0.3) is 5.91 Å². The zero-order valence-corrected chi connectivity index (χ0v) is 12.4. The summed E-state index contributed by atoms with van der Waals surface area (Å²) in [6.45, 7) is 2.64. The normalized spacial score (nSPS) is 10.1. The number of hydrogen-bond donors (Lipinski definition) is 2. The maximum Gasteiger partial charge on any atom is 0.262 e. The van der Waals surface area contributed by atoms with Gasteiger partial charge >= 0.3 is 0 Å². The number of anilines is 1. The fourth-order valence-corrected chi connectivity index (χ4v) is 1.80. The quantitative estimate of drug-likeness (QED) is 0.791. The van der Waals surface area contributed by atoms with Crippen LogP contribution in [0.15, 0.2) is 36.7 Å². The van der Waals surface area contributed by atoms with Crippen LogP contribution in [0.25, 0.3) is 0 Å². The van der Waals surface area contributed by atoms with Crippen LogP contribution < -0.4 is 15.8 Å². The monoisotopic (exact) mass is 304 g/mol. The molecule has 1 heterocycles. The van der Waals surface area contributed by atoms with Gasteiger partial charge < -0.3 is 15.8 Å². The van der Waals surface area contributed by atoms with Crippen molar-refractivity contribution in [2.45, 2.75) is 13.5 Å². The van der Waals surface area contributed by atoms with Crippen LogP contribution in [0.4, 0.5) is 5.69 Å². The Morgan fingerprint density at radius 3 is 2.71 bits per heavy atom. The first-order valence-electron chi connectivity index (χ1n) is 6.43. The minimum absolute atomic E-state index is 0.0796. The molecule has 0 saturated heterocycles. The lowest BCUT2D eigenvalue weighted by atomic mass is 10.2. The summed E-state index contributed by atoms with van der Waals surface area (Å²) < 4.78 is 7.11. The smallest absolute Gasteiger partial charge is 0.262 e. The number of benzene rings is 1. The van der Waals surface area contributed by atoms with E-state index in [9.17, 15) is 4.79 Å². The molecule has 3 N–H and O–H groups in total. The number of carbonyl (C=O) groups excluding carboxylic acids is 1. The highest BCUT2D eigenvalue weighted by molar-refractivity contribution is 7.80. The number of aryl methyl sites for hydroxylation is 1. The van der Waals surface area contributed by atoms with E-state index in [2.05, 4.69) is 10.4 Å². The Morgan fingerprint density at radius 2 is 2.14 bits per heavy atom. The van der Waals surface area contributed by atoms with E-state index in [4.69, 9.17) is 22.7 Å². The molecule has 0 aliphatic rings. The highest BCUT2D eigenvalue weighted by atomic mass is 32.1. The van der Waals surface area contributed by atoms with Crippen molar-refractivity contribution in [1.29, 1.82) is 0 Å². The Morgan fingerprint density at radius 1 is 1.43 bits per heavy atom. The van der Waals surface area contributed by atoms with Gasteiger partial charge in [-0.05, 0) is 31.2 Å². The third-order valence-electron chi connectivity index (χ3n) is 2.75. The Labute approximate surface area is 127 Å². The lowest BCUT2D eigenvalue weighted by Gasteiger charge is -2.06. The molecule has 2 rings (SSSR count). The molecule has 1 amide bonds. The molecule has 6 nitrogen and oxygen atoms in total. The van der Waals surface area contributed by atoms with Gasteiger partial charge in [0.1, 0.15) is 10.7 Å². The average molecular weight is 304 g/mol. The molecular formula is C14H16N4O2S. The summed E-state index contributed by atoms with van der Waals surface area (Å²) >= 11 is 4.86. The fourth-order valence-electron chi connectivity index (χ4n) is 1.66. The number of nitrogens with zero attached hydrogens (tertiary/aromatic N) is 2. The molecule has 0 saturated carbocycles. The first-order valence-corrected chi connectivity index (χ1v) is 6.84. The predicted octanol–water partition coefficient (Wildman–Crippen LogP) is 1.55. The summed E-state index contributed by atoms with van der Waals surface area (Å²) in [4.78, 5) is 12.1. The average Bonchev–Trinajstić information content (AvgIpc) is 2.93. The Balaban J connectivity index is 1.84. The second-order valence-corrected chi connectivity index (χ2v) is 4.75. The SMILES string of the molecule is CCn1cc(NC(=O)COc2ccc(C(N)=S)cc2)cn1. The number of rotatable bonds is 6. The molecule has 0 aliphatic heterocycles. The van der Waals surface area contributed by atoms with Crippen molar-refractivity contribution in [3.63, 3.8) is 0 Å². The van der Waals surface area contributed by atoms with Crippen molar-refractivity contribution < 1.29 is 9.53 Å². The first kappa shape index (κ1) is 15.0. The molecule has 0 radical (unpaired) electrons. The van der Waals surface area contributed by atoms with E-state index >= 15 is 0 Å². The molecule has 7 heteroatoms. The van der Waals surface area contributed by atoms with Gasteiger partial charge in [-0.1, -0.05) is 12.2 Å². The van der Waals surface area contributed by atoms with Gasteiger partial charge in [-0.2, -0.15) is 5.10 Å². The number of nitrogens with two attached hydrogens (primary N) is 1. The van der Waals surface area contributed by atoms with Crippen LogP contribution in [-0.4, -0.2) is 27.3 Å². The van der Waals surface area contributed by atoms with Crippen LogP contribution in [0.3, 0.4) is 0 Å². The zero-order valence-electron chi connectivity index (χ0n) is 11.6. The Hall–Kier alpha value is -2.41. The molecule has 0 bridgehead atoms. The second-order valence-electron chi connectivity index (χ2n) is 4.31. The van der Waals surface area contributed by atoms with Crippen molar-refractivity contribution in [3.05, 3.63) is 42.2 Å². The molecule has 110 valence electrons. The third-order valence-corrected chi connectivity index (χ3v) is 2.99. The molecule has 21 heavy (non-hydrogen) atoms. The summed E-state index contributed by atoms with van der Waals surface area (Å²) in [5.41, 5.74) is 6.91. The van der Waals surface area contributed by atoms with Gasteiger partial charge in [0.2, 0.25) is 0 Å². The van der Waals surface area contributed by atoms with E-state index in [1.54, 1.807) is 41.3 Å². The third kappa shape index (κ3) is 4.28. The van der Waals surface area contributed by atoms with Crippen LogP contribution in [0.2, 0.25) is 0 Å². The summed E-state index contributed by atoms with van der Waals surface area (Å²) in [5.74, 6) is 0.332. The number of thiocarbonyl (C=S) groups is 1. The van der Waals surface area contributed by atoms with E-state index in [0.29, 0.717) is 16.4 Å². The van der Waals surface area contributed by atoms with E-state index in [-0.39, 0.29) is 12.5 Å². The van der Waals surface area contributed by atoms with Crippen molar-refractivity contribution >= 4 is 28.8 Å². The molecule has 0 unspecified atom stereocenters. The van der Waals surface area contributed by atoms with Crippen LogP contribution in [-0.2, 0) is 11.3 Å². The van der Waals surface area contributed by atoms with E-state index in [1.807, 2.05) is 6.92 Å². The Kier molecular flexibility index (Phi) is 4.89. The molecule has 1 aromatic carbocycles. The maximum absolute atomic E-state index is 11.7. The minimum atomic E-state index is -0.246. The number of aromatic nitrogens is 2. The molecule has 0 spiro atoms. The number of nitrogens with one attached hydrogen (secondary N) is 1. The fraction of sp³-hybridized carbons (Fsp3) is 0.214. The standard InChI is InChI=1S/C14H16N4O2S/c1-2-18-8-11(7-16-18)17-13(19)9-20-12-5-3-10(4-6-12)14(15)21/h3-8H,2,9H2,1H3,(H2,15,21)(H,17,19). The van der Waals surface area contributed by atoms with Crippen LogP contribution in [0.1, 0.15) is 12.5 Å². The van der Waals surface area contributed by atoms with Crippen LogP contribution in [0.5, 0.6) is 5.75 Å². The molecule has 0 atom stereocenters. The van der Waals surface area contributed by atoms with E-state index in [1.165, 1.54) is 0 Å². The van der Waals surface area contributed by atoms with Crippen LogP contribution in [0, 0.1) is 0 Å². The first-order chi connectivity index (χ1) is 10.1. The molecule has 2 aromatic rings. The zero-order chi connectivity index (χ0) is 15.2. The lowest BCUT2D eigenvalue weighted by molar-refractivity contribution is -0.118. The number of ether oxygens (including phenoxy) is 1. The highest BCUT2D eigenvalue weighted by Gasteiger charge is 2.05. The maximum atomic E-state index is 11.7. The second kappa shape index (κ2) is 6.85. The summed E-state index contributed by atoms with van der Waals surface area (Å²) in [5, 5.41) is 6.78. The van der Waals surface area contributed by atoms with Crippen molar-refractivity contribution in [1.82, 2.24) is 9.78 Å². The van der Waals surface area contributed by atoms with Gasteiger partial charge in [-0.3, -0.25) is 9.48 Å². The number of amides is 1. The van der Waals surface area contributed by atoms with Gasteiger partial charge in [0, 0.05) is 18.3 Å². The molecule has 0 aliphatic carbocycles. The molecule has 0 fully saturated rings. The highest BCUT2D eigenvalue weighted by Crippen LogP contribution is 2.12. The number of carbonyl (C=O) groups is 1. The Bertz CT molecular complexity index is 637. The van der Waals surface area contributed by atoms with E-state index < -0.39 is 0 Å². The molecule has 1 aromatic heterocycles. The summed E-state index contributed by atoms with van der Waals surface area (Å²) in [6, 6.07) is 6.94. The van der Waals surface area contributed by atoms with Crippen molar-refractivity contribution in [2.75, 3.05) is 11.9 Å². The van der Waals surface area contributed by atoms with E-state index in [0.717, 1.165) is 12.1 Å². The number of hydrogen-bond acceptors (Lipinski definition) is 4. The predicted molar refractivity (Wildman–Crippen MR) is 84.4 cm³/mol. The van der Waals surface area contributed by atoms with Gasteiger partial charge in [0.15, 0.2) is 6.61 Å². The lowest BCUT2D eigenvalue weighted by Crippen LogP contribution is -2.20. The largest absolute Gasteiger partial charge is 0.484 e.